The lowest BCUT2D eigenvalue weighted by atomic mass is 9.95. The van der Waals surface area contributed by atoms with Gasteiger partial charge in [-0.2, -0.15) is 0 Å². The number of ketones is 1. The summed E-state index contributed by atoms with van der Waals surface area (Å²) in [5.74, 6) is -1.06. The van der Waals surface area contributed by atoms with Gasteiger partial charge < -0.3 is 19.8 Å². The number of hydrogen-bond acceptors (Lipinski definition) is 5. The monoisotopic (exact) mass is 381 g/mol. The number of benzene rings is 2. The number of ether oxygens (including phenoxy) is 1. The number of β-amino-alcohol motifs (C(OH)–C–C–N with tert-alkyl or cyclic N) is 1. The minimum Gasteiger partial charge on any atom is -0.507 e. The molecule has 6 nitrogen and oxygen atoms in total. The van der Waals surface area contributed by atoms with Gasteiger partial charge in [0.05, 0.1) is 24.3 Å². The van der Waals surface area contributed by atoms with E-state index in [0.29, 0.717) is 23.5 Å². The van der Waals surface area contributed by atoms with Crippen LogP contribution < -0.4 is 4.74 Å². The molecule has 2 aromatic rings. The third kappa shape index (κ3) is 3.77. The maximum absolute atomic E-state index is 12.7. The third-order valence-corrected chi connectivity index (χ3v) is 4.55. The summed E-state index contributed by atoms with van der Waals surface area (Å²) in [5, 5.41) is 20.7. The van der Waals surface area contributed by atoms with Crippen LogP contribution in [0, 0.1) is 0 Å². The van der Waals surface area contributed by atoms with E-state index in [2.05, 4.69) is 0 Å². The molecule has 0 saturated carbocycles. The van der Waals surface area contributed by atoms with Crippen molar-refractivity contribution in [2.24, 2.45) is 0 Å². The molecule has 146 valence electrons. The predicted octanol–water partition coefficient (Wildman–Crippen LogP) is 2.89. The van der Waals surface area contributed by atoms with Crippen molar-refractivity contribution in [1.82, 2.24) is 4.90 Å². The van der Waals surface area contributed by atoms with Crippen molar-refractivity contribution in [3.05, 3.63) is 71.3 Å². The molecule has 2 atom stereocenters. The fourth-order valence-electron chi connectivity index (χ4n) is 3.36. The van der Waals surface area contributed by atoms with E-state index >= 15 is 0 Å². The van der Waals surface area contributed by atoms with Crippen molar-refractivity contribution in [2.45, 2.75) is 26.0 Å². The summed E-state index contributed by atoms with van der Waals surface area (Å²) in [6.45, 7) is 3.93. The first kappa shape index (κ1) is 19.6. The molecule has 6 heteroatoms. The largest absolute Gasteiger partial charge is 0.507 e. The highest BCUT2D eigenvalue weighted by molar-refractivity contribution is 6.46. The van der Waals surface area contributed by atoms with Gasteiger partial charge in [-0.15, -0.1) is 0 Å². The molecule has 1 heterocycles. The zero-order valence-corrected chi connectivity index (χ0v) is 15.8. The summed E-state index contributed by atoms with van der Waals surface area (Å²) in [6.07, 6.45) is -0.819. The smallest absolute Gasteiger partial charge is 0.295 e. The molecule has 3 rings (SSSR count). The van der Waals surface area contributed by atoms with Crippen LogP contribution in [-0.4, -0.2) is 46.1 Å². The number of carbonyl (C=O) groups excluding carboxylic acids is 2. The van der Waals surface area contributed by atoms with Crippen molar-refractivity contribution < 1.29 is 24.5 Å². The summed E-state index contributed by atoms with van der Waals surface area (Å²) >= 11 is 0. The first-order valence-electron chi connectivity index (χ1n) is 9.18. The van der Waals surface area contributed by atoms with Crippen LogP contribution in [0.5, 0.6) is 5.75 Å². The Morgan fingerprint density at radius 3 is 2.32 bits per heavy atom. The molecule has 1 aliphatic rings. The molecule has 0 aliphatic carbocycles. The van der Waals surface area contributed by atoms with Gasteiger partial charge in [-0.25, -0.2) is 0 Å². The van der Waals surface area contributed by atoms with Crippen LogP contribution in [0.15, 0.2) is 60.2 Å². The molecule has 1 amide bonds. The summed E-state index contributed by atoms with van der Waals surface area (Å²) in [5.41, 5.74) is 1.12. The lowest BCUT2D eigenvalue weighted by molar-refractivity contribution is -0.140. The summed E-state index contributed by atoms with van der Waals surface area (Å²) in [6, 6.07) is 14.9. The quantitative estimate of drug-likeness (QED) is 0.456. The first-order chi connectivity index (χ1) is 13.4. The fraction of sp³-hybridized carbons (Fsp3) is 0.273. The number of Topliss-reactive ketones (excluding diaryl/α,β-unsaturated/α-hetero) is 1. The van der Waals surface area contributed by atoms with Gasteiger partial charge in [0.25, 0.3) is 11.7 Å². The van der Waals surface area contributed by atoms with Crippen molar-refractivity contribution >= 4 is 17.4 Å². The van der Waals surface area contributed by atoms with Crippen molar-refractivity contribution in [1.29, 1.82) is 0 Å². The zero-order valence-electron chi connectivity index (χ0n) is 15.8. The molecule has 1 aliphatic heterocycles. The highest BCUT2D eigenvalue weighted by Crippen LogP contribution is 2.39. The number of nitrogens with zero attached hydrogens (tertiary/aromatic N) is 1. The number of amides is 1. The van der Waals surface area contributed by atoms with Crippen molar-refractivity contribution in [3.8, 4) is 5.75 Å². The van der Waals surface area contributed by atoms with Crippen LogP contribution in [0.4, 0.5) is 0 Å². The number of likely N-dealkylation sites (tertiary alicyclic amines) is 1. The first-order valence-corrected chi connectivity index (χ1v) is 9.18. The van der Waals surface area contributed by atoms with E-state index in [0.717, 1.165) is 0 Å². The summed E-state index contributed by atoms with van der Waals surface area (Å²) in [7, 11) is 0. The van der Waals surface area contributed by atoms with Gasteiger partial charge in [-0.1, -0.05) is 42.5 Å². The Hall–Kier alpha value is -3.12. The van der Waals surface area contributed by atoms with E-state index in [-0.39, 0.29) is 17.9 Å². The molecule has 1 fully saturated rings. The van der Waals surface area contributed by atoms with Gasteiger partial charge in [0.2, 0.25) is 0 Å². The molecule has 1 saturated heterocycles. The molecule has 0 bridgehead atoms. The third-order valence-electron chi connectivity index (χ3n) is 4.55. The Morgan fingerprint density at radius 2 is 1.75 bits per heavy atom. The van der Waals surface area contributed by atoms with Gasteiger partial charge in [-0.3, -0.25) is 9.59 Å². The van der Waals surface area contributed by atoms with Crippen LogP contribution in [-0.2, 0) is 9.59 Å². The molecule has 0 unspecified atom stereocenters. The number of hydrogen-bond donors (Lipinski definition) is 2. The second-order valence-electron chi connectivity index (χ2n) is 6.67. The fourth-order valence-corrected chi connectivity index (χ4v) is 3.36. The zero-order chi connectivity index (χ0) is 20.3. The van der Waals surface area contributed by atoms with E-state index < -0.39 is 23.8 Å². The second-order valence-corrected chi connectivity index (χ2v) is 6.67. The Morgan fingerprint density at radius 1 is 1.11 bits per heavy atom. The SMILES string of the molecule is CCOc1ccc([C@H]2C(=C(O)c3ccccc3)C(=O)C(=O)N2C[C@H](C)O)cc1. The van der Waals surface area contributed by atoms with E-state index in [9.17, 15) is 19.8 Å². The highest BCUT2D eigenvalue weighted by Gasteiger charge is 2.46. The molecular weight excluding hydrogens is 358 g/mol. The molecule has 28 heavy (non-hydrogen) atoms. The Bertz CT molecular complexity index is 887. The maximum atomic E-state index is 12.7. The summed E-state index contributed by atoms with van der Waals surface area (Å²) in [4.78, 5) is 26.7. The molecule has 2 N–H and O–H groups in total. The minimum absolute atomic E-state index is 0.0148. The van der Waals surface area contributed by atoms with Crippen molar-refractivity contribution in [3.63, 3.8) is 0 Å². The standard InChI is InChI=1S/C22H23NO5/c1-3-28-17-11-9-15(10-12-17)19-18(20(25)16-7-5-4-6-8-16)21(26)22(27)23(19)13-14(2)24/h4-12,14,19,24-25H,3,13H2,1-2H3/t14-,19-/m0/s1. The van der Waals surface area contributed by atoms with Crippen molar-refractivity contribution in [2.75, 3.05) is 13.2 Å². The summed E-state index contributed by atoms with van der Waals surface area (Å²) < 4.78 is 5.45. The Labute approximate surface area is 163 Å². The molecule has 0 spiro atoms. The van der Waals surface area contributed by atoms with E-state index in [1.54, 1.807) is 61.5 Å². The molecule has 0 aromatic heterocycles. The van der Waals surface area contributed by atoms with E-state index in [1.165, 1.54) is 4.90 Å². The average Bonchev–Trinajstić information content (AvgIpc) is 2.93. The van der Waals surface area contributed by atoms with Crippen LogP contribution in [0.3, 0.4) is 0 Å². The average molecular weight is 381 g/mol. The minimum atomic E-state index is -0.819. The van der Waals surface area contributed by atoms with Crippen LogP contribution >= 0.6 is 0 Å². The second kappa shape index (κ2) is 8.27. The van der Waals surface area contributed by atoms with Crippen LogP contribution in [0.2, 0.25) is 0 Å². The number of rotatable bonds is 6. The lowest BCUT2D eigenvalue weighted by Gasteiger charge is -2.26. The Kier molecular flexibility index (Phi) is 5.80. The number of aliphatic hydroxyl groups excluding tert-OH is 2. The van der Waals surface area contributed by atoms with Gasteiger partial charge in [0.1, 0.15) is 11.5 Å². The molecule has 0 radical (unpaired) electrons. The van der Waals surface area contributed by atoms with Gasteiger partial charge in [0.15, 0.2) is 0 Å². The van der Waals surface area contributed by atoms with E-state index in [4.69, 9.17) is 4.74 Å². The maximum Gasteiger partial charge on any atom is 0.295 e. The lowest BCUT2D eigenvalue weighted by Crippen LogP contribution is -2.35. The van der Waals surface area contributed by atoms with Gasteiger partial charge >= 0.3 is 0 Å². The molecule has 2 aromatic carbocycles. The van der Waals surface area contributed by atoms with Gasteiger partial charge in [-0.05, 0) is 31.5 Å². The van der Waals surface area contributed by atoms with E-state index in [1.807, 2.05) is 6.92 Å². The normalized spacial score (nSPS) is 19.7. The van der Waals surface area contributed by atoms with Crippen LogP contribution in [0.25, 0.3) is 5.76 Å². The van der Waals surface area contributed by atoms with Crippen LogP contribution in [0.1, 0.15) is 31.0 Å². The molecular formula is C22H23NO5. The number of carbonyl (C=O) groups is 2. The number of aliphatic hydroxyl groups is 2. The Balaban J connectivity index is 2.12. The topological polar surface area (TPSA) is 87.1 Å². The highest BCUT2D eigenvalue weighted by atomic mass is 16.5. The van der Waals surface area contributed by atoms with Gasteiger partial charge in [0, 0.05) is 12.1 Å². The predicted molar refractivity (Wildman–Crippen MR) is 105 cm³/mol.